The Kier molecular flexibility index (Phi) is 5.88. The predicted octanol–water partition coefficient (Wildman–Crippen LogP) is 3.66. The highest BCUT2D eigenvalue weighted by molar-refractivity contribution is 7.89. The van der Waals surface area contributed by atoms with E-state index in [1.807, 2.05) is 4.90 Å². The highest BCUT2D eigenvalue weighted by atomic mass is 32.2. The van der Waals surface area contributed by atoms with Crippen molar-refractivity contribution in [2.45, 2.75) is 31.6 Å². The molecule has 0 spiro atoms. The number of sulfonamides is 1. The largest absolute Gasteiger partial charge is 0.345 e. The Hall–Kier alpha value is -2.49. The van der Waals surface area contributed by atoms with Crippen LogP contribution in [0.1, 0.15) is 34.3 Å². The molecule has 0 saturated carbocycles. The van der Waals surface area contributed by atoms with Gasteiger partial charge in [-0.15, -0.1) is 0 Å². The van der Waals surface area contributed by atoms with Gasteiger partial charge in [-0.3, -0.25) is 4.79 Å². The number of piperazine rings is 1. The fourth-order valence-corrected chi connectivity index (χ4v) is 7.07. The molecule has 2 saturated heterocycles. The first kappa shape index (κ1) is 22.3. The molecule has 0 bridgehead atoms. The zero-order chi connectivity index (χ0) is 23.2. The monoisotopic (exact) mass is 484 g/mol. The summed E-state index contributed by atoms with van der Waals surface area (Å²) in [4.78, 5) is 22.2. The quantitative estimate of drug-likeness (QED) is 0.565. The van der Waals surface area contributed by atoms with Crippen molar-refractivity contribution in [2.75, 3.05) is 44.2 Å². The molecule has 2 fully saturated rings. The van der Waals surface area contributed by atoms with Crippen molar-refractivity contribution in [3.8, 4) is 0 Å². The van der Waals surface area contributed by atoms with Crippen molar-refractivity contribution in [3.63, 3.8) is 0 Å². The van der Waals surface area contributed by atoms with E-state index < -0.39 is 10.0 Å². The maximum absolute atomic E-state index is 13.0. The van der Waals surface area contributed by atoms with Gasteiger partial charge in [-0.2, -0.15) is 4.31 Å². The van der Waals surface area contributed by atoms with Gasteiger partial charge in [-0.25, -0.2) is 13.4 Å². The van der Waals surface area contributed by atoms with Crippen LogP contribution >= 0.6 is 11.3 Å². The van der Waals surface area contributed by atoms with Gasteiger partial charge in [0.2, 0.25) is 10.0 Å². The van der Waals surface area contributed by atoms with E-state index in [-0.39, 0.29) is 10.8 Å². The summed E-state index contributed by atoms with van der Waals surface area (Å²) in [5.41, 5.74) is 4.06. The Morgan fingerprint density at radius 1 is 0.909 bits per heavy atom. The number of carbonyl (C=O) groups is 1. The Morgan fingerprint density at radius 2 is 1.58 bits per heavy atom. The molecule has 9 heteroatoms. The van der Waals surface area contributed by atoms with Crippen molar-refractivity contribution in [1.82, 2.24) is 14.2 Å². The summed E-state index contributed by atoms with van der Waals surface area (Å²) in [6, 6.07) is 10.7. The first-order valence-corrected chi connectivity index (χ1v) is 13.6. The molecule has 0 aliphatic carbocycles. The van der Waals surface area contributed by atoms with Crippen LogP contribution in [-0.4, -0.2) is 67.8 Å². The maximum atomic E-state index is 13.0. The van der Waals surface area contributed by atoms with Crippen LogP contribution in [0, 0.1) is 13.8 Å². The molecule has 1 amide bonds. The number of aryl methyl sites for hydroxylation is 2. The predicted molar refractivity (Wildman–Crippen MR) is 132 cm³/mol. The van der Waals surface area contributed by atoms with E-state index in [9.17, 15) is 13.2 Å². The van der Waals surface area contributed by atoms with E-state index in [0.29, 0.717) is 31.7 Å². The first-order chi connectivity index (χ1) is 15.8. The van der Waals surface area contributed by atoms with Crippen LogP contribution in [0.25, 0.3) is 10.2 Å². The number of nitrogens with zero attached hydrogens (tertiary/aromatic N) is 4. The lowest BCUT2D eigenvalue weighted by Gasteiger charge is -2.34. The third-order valence-corrected chi connectivity index (χ3v) is 9.71. The Morgan fingerprint density at radius 3 is 2.24 bits per heavy atom. The van der Waals surface area contributed by atoms with Crippen molar-refractivity contribution in [2.24, 2.45) is 0 Å². The Labute approximate surface area is 198 Å². The summed E-state index contributed by atoms with van der Waals surface area (Å²) in [6.07, 6.45) is 1.80. The number of thiazole rings is 1. The van der Waals surface area contributed by atoms with E-state index in [4.69, 9.17) is 4.98 Å². The fourth-order valence-electron chi connectivity index (χ4n) is 4.48. The van der Waals surface area contributed by atoms with Gasteiger partial charge in [0.05, 0.1) is 15.1 Å². The van der Waals surface area contributed by atoms with E-state index in [0.717, 1.165) is 36.6 Å². The van der Waals surface area contributed by atoms with Crippen LogP contribution in [0.3, 0.4) is 0 Å². The Balaban J connectivity index is 1.25. The van der Waals surface area contributed by atoms with Crippen LogP contribution in [0.5, 0.6) is 0 Å². The number of aromatic nitrogens is 1. The molecule has 0 atom stereocenters. The second-order valence-corrected chi connectivity index (χ2v) is 11.7. The molecule has 3 heterocycles. The van der Waals surface area contributed by atoms with Crippen molar-refractivity contribution in [3.05, 3.63) is 53.1 Å². The second-order valence-electron chi connectivity index (χ2n) is 8.77. The van der Waals surface area contributed by atoms with Gasteiger partial charge in [0.1, 0.15) is 0 Å². The molecule has 0 unspecified atom stereocenters. The third kappa shape index (κ3) is 4.13. The summed E-state index contributed by atoms with van der Waals surface area (Å²) < 4.78 is 28.1. The number of amides is 1. The molecule has 2 aromatic carbocycles. The fraction of sp³-hybridized carbons (Fsp3) is 0.417. The van der Waals surface area contributed by atoms with Crippen LogP contribution in [0.15, 0.2) is 41.3 Å². The number of rotatable bonds is 4. The maximum Gasteiger partial charge on any atom is 0.253 e. The van der Waals surface area contributed by atoms with Gasteiger partial charge in [0, 0.05) is 44.8 Å². The molecule has 3 aromatic rings. The van der Waals surface area contributed by atoms with Crippen LogP contribution in [-0.2, 0) is 10.0 Å². The smallest absolute Gasteiger partial charge is 0.253 e. The lowest BCUT2D eigenvalue weighted by Crippen LogP contribution is -2.48. The zero-order valence-corrected chi connectivity index (χ0v) is 20.6. The molecule has 174 valence electrons. The number of hydrogen-bond acceptors (Lipinski definition) is 6. The van der Waals surface area contributed by atoms with Gasteiger partial charge in [-0.1, -0.05) is 17.4 Å². The average Bonchev–Trinajstić information content (AvgIpc) is 3.52. The Bertz CT molecular complexity index is 1290. The van der Waals surface area contributed by atoms with E-state index >= 15 is 0 Å². The van der Waals surface area contributed by atoms with E-state index in [1.165, 1.54) is 20.1 Å². The van der Waals surface area contributed by atoms with E-state index in [2.05, 4.69) is 30.9 Å². The van der Waals surface area contributed by atoms with Gasteiger partial charge < -0.3 is 9.80 Å². The summed E-state index contributed by atoms with van der Waals surface area (Å²) in [5.74, 6) is -0.0597. The highest BCUT2D eigenvalue weighted by Crippen LogP contribution is 2.32. The van der Waals surface area contributed by atoms with Crippen molar-refractivity contribution < 1.29 is 13.2 Å². The highest BCUT2D eigenvalue weighted by Gasteiger charge is 2.28. The molecule has 1 aromatic heterocycles. The number of carbonyl (C=O) groups excluding carboxylic acids is 1. The molecule has 0 N–H and O–H groups in total. The molecule has 5 rings (SSSR count). The molecule has 2 aliphatic rings. The van der Waals surface area contributed by atoms with Gasteiger partial charge in [-0.05, 0) is 68.1 Å². The number of fused-ring (bicyclic) bond motifs is 1. The normalized spacial score (nSPS) is 17.8. The molecule has 0 radical (unpaired) electrons. The minimum absolute atomic E-state index is 0.0597. The molecular weight excluding hydrogens is 456 g/mol. The van der Waals surface area contributed by atoms with Crippen LogP contribution in [0.2, 0.25) is 0 Å². The molecular formula is C24H28N4O3S2. The summed E-state index contributed by atoms with van der Waals surface area (Å²) in [7, 11) is -3.47. The second kappa shape index (κ2) is 8.70. The van der Waals surface area contributed by atoms with Gasteiger partial charge in [0.15, 0.2) is 5.13 Å². The topological polar surface area (TPSA) is 73.8 Å². The SMILES string of the molecule is Cc1ccc2sc(N3CCN(C(=O)c4ccc(S(=O)(=O)N5CCCC5)cc4)CC3)nc2c1C. The first-order valence-electron chi connectivity index (χ1n) is 11.4. The number of hydrogen-bond donors (Lipinski definition) is 0. The lowest BCUT2D eigenvalue weighted by atomic mass is 10.1. The van der Waals surface area contributed by atoms with Gasteiger partial charge >= 0.3 is 0 Å². The summed E-state index contributed by atoms with van der Waals surface area (Å²) >= 11 is 1.70. The van der Waals surface area contributed by atoms with Crippen LogP contribution < -0.4 is 4.90 Å². The minimum atomic E-state index is -3.47. The third-order valence-electron chi connectivity index (χ3n) is 6.71. The average molecular weight is 485 g/mol. The molecule has 2 aliphatic heterocycles. The minimum Gasteiger partial charge on any atom is -0.345 e. The lowest BCUT2D eigenvalue weighted by molar-refractivity contribution is 0.0746. The van der Waals surface area contributed by atoms with Gasteiger partial charge in [0.25, 0.3) is 5.91 Å². The molecule has 33 heavy (non-hydrogen) atoms. The summed E-state index contributed by atoms with van der Waals surface area (Å²) in [6.45, 7) is 8.03. The summed E-state index contributed by atoms with van der Waals surface area (Å²) in [5, 5.41) is 1.00. The zero-order valence-electron chi connectivity index (χ0n) is 19.0. The number of anilines is 1. The van der Waals surface area contributed by atoms with Crippen LogP contribution in [0.4, 0.5) is 5.13 Å². The van der Waals surface area contributed by atoms with Crippen molar-refractivity contribution in [1.29, 1.82) is 0 Å². The van der Waals surface area contributed by atoms with E-state index in [1.54, 1.807) is 35.6 Å². The van der Waals surface area contributed by atoms with Crippen molar-refractivity contribution >= 4 is 42.6 Å². The standard InChI is InChI=1S/C24H28N4O3S2/c1-17-5-10-21-22(18(17)2)25-24(32-21)27-15-13-26(14-16-27)23(29)19-6-8-20(9-7-19)33(30,31)28-11-3-4-12-28/h5-10H,3-4,11-16H2,1-2H3. The number of benzene rings is 2. The molecule has 7 nitrogen and oxygen atoms in total.